The minimum Gasteiger partial charge on any atom is -0.352 e. The summed E-state index contributed by atoms with van der Waals surface area (Å²) in [5.41, 5.74) is 19.6. The van der Waals surface area contributed by atoms with Crippen molar-refractivity contribution in [2.75, 3.05) is 46.0 Å². The van der Waals surface area contributed by atoms with Crippen LogP contribution in [0, 0.1) is 41.5 Å². The molecule has 0 radical (unpaired) electrons. The highest BCUT2D eigenvalue weighted by atomic mass is 15.4. The standard InChI is InChI=1S/C27H40N2.C21H26N2/c1-18(2)22-11-9-12-23(19(3)4)26(22)28-15-16-29(17-28)27-24(20(5)6)13-10-14-25(27)21(7)8;1-14-9-16(3)20(17(4)10-14)22-7-8-23(13-22)21-18(5)11-15(2)12-19(21)6/h9-14,18-21H,15-17H2,1-8H3;7-12H,13H2,1-6H3. The predicted octanol–water partition coefficient (Wildman–Crippen LogP) is 12.8. The van der Waals surface area contributed by atoms with Crippen molar-refractivity contribution in [3.05, 3.63) is 129 Å². The molecule has 0 atom stereocenters. The van der Waals surface area contributed by atoms with Gasteiger partial charge in [-0.2, -0.15) is 0 Å². The second-order valence-corrected chi connectivity index (χ2v) is 16.7. The highest BCUT2D eigenvalue weighted by Crippen LogP contribution is 2.41. The molecule has 0 aromatic heterocycles. The van der Waals surface area contributed by atoms with E-state index in [4.69, 9.17) is 0 Å². The molecule has 52 heavy (non-hydrogen) atoms. The van der Waals surface area contributed by atoms with Crippen molar-refractivity contribution < 1.29 is 0 Å². The van der Waals surface area contributed by atoms with E-state index in [1.807, 2.05) is 0 Å². The van der Waals surface area contributed by atoms with Gasteiger partial charge in [-0.05, 0) is 110 Å². The van der Waals surface area contributed by atoms with Crippen LogP contribution in [-0.2, 0) is 0 Å². The Morgan fingerprint density at radius 2 is 0.692 bits per heavy atom. The predicted molar refractivity (Wildman–Crippen MR) is 229 cm³/mol. The molecule has 2 aliphatic heterocycles. The summed E-state index contributed by atoms with van der Waals surface area (Å²) in [5.74, 6) is 2.14. The summed E-state index contributed by atoms with van der Waals surface area (Å²) in [6.45, 7) is 35.7. The maximum atomic E-state index is 2.63. The highest BCUT2D eigenvalue weighted by molar-refractivity contribution is 5.70. The summed E-state index contributed by atoms with van der Waals surface area (Å²) in [7, 11) is 0. The van der Waals surface area contributed by atoms with Gasteiger partial charge in [-0.15, -0.1) is 0 Å². The van der Waals surface area contributed by atoms with Crippen molar-refractivity contribution in [2.45, 2.75) is 121 Å². The van der Waals surface area contributed by atoms with Crippen LogP contribution in [-0.4, -0.2) is 26.4 Å². The van der Waals surface area contributed by atoms with Crippen LogP contribution in [0.3, 0.4) is 0 Å². The number of para-hydroxylation sites is 2. The van der Waals surface area contributed by atoms with Gasteiger partial charge in [-0.1, -0.05) is 127 Å². The summed E-state index contributed by atoms with van der Waals surface area (Å²) in [5, 5.41) is 0. The zero-order chi connectivity index (χ0) is 38.0. The van der Waals surface area contributed by atoms with Gasteiger partial charge in [-0.3, -0.25) is 0 Å². The number of nitrogens with zero attached hydrogens (tertiary/aromatic N) is 4. The molecule has 0 saturated carbocycles. The average Bonchev–Trinajstić information content (AvgIpc) is 3.74. The largest absolute Gasteiger partial charge is 0.352 e. The molecule has 0 aliphatic carbocycles. The summed E-state index contributed by atoms with van der Waals surface area (Å²) >= 11 is 0. The Morgan fingerprint density at radius 1 is 0.404 bits per heavy atom. The lowest BCUT2D eigenvalue weighted by atomic mass is 9.92. The topological polar surface area (TPSA) is 13.0 Å². The van der Waals surface area contributed by atoms with Crippen LogP contribution in [0.1, 0.15) is 135 Å². The molecule has 6 rings (SSSR count). The minimum atomic E-state index is 0.534. The minimum absolute atomic E-state index is 0.534. The summed E-state index contributed by atoms with van der Waals surface area (Å²) in [4.78, 5) is 9.96. The number of aryl methyl sites for hydroxylation is 6. The fraction of sp³-hybridized carbons (Fsp3) is 0.458. The molecule has 1 saturated heterocycles. The molecule has 0 spiro atoms. The van der Waals surface area contributed by atoms with E-state index in [-0.39, 0.29) is 0 Å². The monoisotopic (exact) mass is 699 g/mol. The van der Waals surface area contributed by atoms with Crippen LogP contribution >= 0.6 is 0 Å². The molecule has 4 heteroatoms. The molecule has 0 N–H and O–H groups in total. The van der Waals surface area contributed by atoms with E-state index in [0.717, 1.165) is 26.4 Å². The fourth-order valence-electron chi connectivity index (χ4n) is 8.67. The van der Waals surface area contributed by atoms with Gasteiger partial charge in [0.05, 0.1) is 13.3 Å². The molecule has 2 aliphatic rings. The van der Waals surface area contributed by atoms with Crippen LogP contribution in [0.2, 0.25) is 0 Å². The normalized spacial score (nSPS) is 14.5. The van der Waals surface area contributed by atoms with Crippen molar-refractivity contribution >= 4 is 22.7 Å². The molecule has 4 aromatic carbocycles. The van der Waals surface area contributed by atoms with Crippen LogP contribution in [0.25, 0.3) is 0 Å². The molecule has 0 bridgehead atoms. The molecular weight excluding hydrogens is 633 g/mol. The lowest BCUT2D eigenvalue weighted by molar-refractivity contribution is 0.797. The molecular formula is C48H66N4. The first-order chi connectivity index (χ1) is 24.6. The Morgan fingerprint density at radius 3 is 0.962 bits per heavy atom. The number of hydrogen-bond donors (Lipinski definition) is 0. The Hall–Kier alpha value is -4.18. The zero-order valence-electron chi connectivity index (χ0n) is 34.9. The van der Waals surface area contributed by atoms with E-state index in [2.05, 4.69) is 190 Å². The van der Waals surface area contributed by atoms with Gasteiger partial charge in [0.25, 0.3) is 0 Å². The van der Waals surface area contributed by atoms with Gasteiger partial charge in [0.1, 0.15) is 0 Å². The third-order valence-electron chi connectivity index (χ3n) is 10.9. The lowest BCUT2D eigenvalue weighted by Crippen LogP contribution is -2.28. The van der Waals surface area contributed by atoms with E-state index in [9.17, 15) is 0 Å². The average molecular weight is 699 g/mol. The van der Waals surface area contributed by atoms with Crippen LogP contribution in [0.5, 0.6) is 0 Å². The first-order valence-electron chi connectivity index (χ1n) is 19.7. The van der Waals surface area contributed by atoms with Crippen molar-refractivity contribution in [1.82, 2.24) is 0 Å². The van der Waals surface area contributed by atoms with E-state index < -0.39 is 0 Å². The van der Waals surface area contributed by atoms with E-state index >= 15 is 0 Å². The third-order valence-corrected chi connectivity index (χ3v) is 10.9. The number of hydrogen-bond acceptors (Lipinski definition) is 4. The SMILES string of the molecule is CC(C)c1cccc(C(C)C)c1N1CCN(c2c(C(C)C)cccc2C(C)C)C1.Cc1cc(C)c(N2C=CN(c3c(C)cc(C)cc3C)C2)c(C)c1. The first-order valence-corrected chi connectivity index (χ1v) is 19.7. The Balaban J connectivity index is 0.000000206. The van der Waals surface area contributed by atoms with E-state index in [1.165, 1.54) is 78.4 Å². The summed E-state index contributed by atoms with van der Waals surface area (Å²) in [6, 6.07) is 22.9. The number of benzene rings is 4. The molecule has 4 aromatic rings. The van der Waals surface area contributed by atoms with E-state index in [0.29, 0.717) is 23.7 Å². The second-order valence-electron chi connectivity index (χ2n) is 16.7. The molecule has 0 amide bonds. The molecule has 1 fully saturated rings. The van der Waals surface area contributed by atoms with Crippen molar-refractivity contribution in [1.29, 1.82) is 0 Å². The van der Waals surface area contributed by atoms with Crippen molar-refractivity contribution in [2.24, 2.45) is 0 Å². The summed E-state index contributed by atoms with van der Waals surface area (Å²) < 4.78 is 0. The van der Waals surface area contributed by atoms with E-state index in [1.54, 1.807) is 0 Å². The van der Waals surface area contributed by atoms with Gasteiger partial charge in [0.2, 0.25) is 0 Å². The van der Waals surface area contributed by atoms with Gasteiger partial charge in [0.15, 0.2) is 0 Å². The number of anilines is 4. The summed E-state index contributed by atoms with van der Waals surface area (Å²) in [6.07, 6.45) is 4.40. The van der Waals surface area contributed by atoms with Gasteiger partial charge in [-0.25, -0.2) is 0 Å². The Labute approximate surface area is 317 Å². The Bertz CT molecular complexity index is 1660. The number of rotatable bonds is 8. The molecule has 0 unspecified atom stereocenters. The quantitative estimate of drug-likeness (QED) is 0.182. The van der Waals surface area contributed by atoms with Gasteiger partial charge in [0, 0.05) is 48.2 Å². The van der Waals surface area contributed by atoms with Gasteiger partial charge >= 0.3 is 0 Å². The molecule has 278 valence electrons. The maximum absolute atomic E-state index is 2.63. The van der Waals surface area contributed by atoms with Crippen LogP contribution in [0.4, 0.5) is 22.7 Å². The van der Waals surface area contributed by atoms with Crippen LogP contribution in [0.15, 0.2) is 73.1 Å². The van der Waals surface area contributed by atoms with Crippen molar-refractivity contribution in [3.63, 3.8) is 0 Å². The Kier molecular flexibility index (Phi) is 12.2. The molecule has 4 nitrogen and oxygen atoms in total. The zero-order valence-corrected chi connectivity index (χ0v) is 34.9. The smallest absolute Gasteiger partial charge is 0.0989 e. The second kappa shape index (κ2) is 16.2. The fourth-order valence-corrected chi connectivity index (χ4v) is 8.67. The third kappa shape index (κ3) is 8.22. The van der Waals surface area contributed by atoms with Crippen molar-refractivity contribution in [3.8, 4) is 0 Å². The highest BCUT2D eigenvalue weighted by Gasteiger charge is 2.29. The van der Waals surface area contributed by atoms with Gasteiger partial charge < -0.3 is 19.6 Å². The lowest BCUT2D eigenvalue weighted by Gasteiger charge is -2.31. The molecule has 2 heterocycles. The first kappa shape index (κ1) is 39.0. The maximum Gasteiger partial charge on any atom is 0.0989 e. The van der Waals surface area contributed by atoms with Crippen LogP contribution < -0.4 is 19.6 Å².